The minimum atomic E-state index is -1.20. The number of carboxylic acid groups (broad SMARTS) is 1. The number of nitrogens with one attached hydrogen (secondary N) is 1. The van der Waals surface area contributed by atoms with Crippen LogP contribution >= 0.6 is 0 Å². The van der Waals surface area contributed by atoms with Crippen LogP contribution in [0.3, 0.4) is 0 Å². The fourth-order valence-electron chi connectivity index (χ4n) is 3.49. The van der Waals surface area contributed by atoms with Crippen LogP contribution < -0.4 is 16.0 Å². The van der Waals surface area contributed by atoms with Gasteiger partial charge in [0.15, 0.2) is 0 Å². The lowest BCUT2D eigenvalue weighted by molar-refractivity contribution is -0.158. The smallest absolute Gasteiger partial charge is 0.407 e. The SMILES string of the molecule is CC(C)(C)OC(=O)NCCCn1cc(-c2ccc3c(c2)CC[C@H](C(ON)C(=O)O)O3)cn1. The largest absolute Gasteiger partial charge is 0.487 e. The molecule has 1 amide bonds. The highest BCUT2D eigenvalue weighted by Crippen LogP contribution is 2.33. The summed E-state index contributed by atoms with van der Waals surface area (Å²) in [6.07, 6.45) is 3.35. The first-order valence-corrected chi connectivity index (χ1v) is 10.5. The van der Waals surface area contributed by atoms with Crippen LogP contribution in [0.25, 0.3) is 11.1 Å². The third-order valence-corrected chi connectivity index (χ3v) is 4.96. The maximum atomic E-state index is 11.7. The van der Waals surface area contributed by atoms with Gasteiger partial charge in [0, 0.05) is 24.8 Å². The molecule has 1 aliphatic heterocycles. The van der Waals surface area contributed by atoms with E-state index in [1.807, 2.05) is 49.8 Å². The molecule has 4 N–H and O–H groups in total. The average molecular weight is 447 g/mol. The summed E-state index contributed by atoms with van der Waals surface area (Å²) in [5.41, 5.74) is 2.43. The molecule has 0 bridgehead atoms. The monoisotopic (exact) mass is 446 g/mol. The predicted molar refractivity (Wildman–Crippen MR) is 116 cm³/mol. The van der Waals surface area contributed by atoms with E-state index in [4.69, 9.17) is 15.4 Å². The fraction of sp³-hybridized carbons (Fsp3) is 0.500. The van der Waals surface area contributed by atoms with Crippen molar-refractivity contribution < 1.29 is 29.0 Å². The molecule has 10 nitrogen and oxygen atoms in total. The van der Waals surface area contributed by atoms with Gasteiger partial charge in [0.1, 0.15) is 17.5 Å². The van der Waals surface area contributed by atoms with Gasteiger partial charge in [0.25, 0.3) is 0 Å². The lowest BCUT2D eigenvalue weighted by atomic mass is 9.96. The number of carboxylic acids is 1. The molecular formula is C22H30N4O6. The summed E-state index contributed by atoms with van der Waals surface area (Å²) in [6.45, 7) is 6.62. The zero-order valence-electron chi connectivity index (χ0n) is 18.5. The van der Waals surface area contributed by atoms with E-state index in [-0.39, 0.29) is 0 Å². The Balaban J connectivity index is 1.54. The number of aliphatic carboxylic acids is 1. The summed E-state index contributed by atoms with van der Waals surface area (Å²) in [5, 5.41) is 16.3. The van der Waals surface area contributed by atoms with Crippen molar-refractivity contribution in [3.63, 3.8) is 0 Å². The van der Waals surface area contributed by atoms with Gasteiger partial charge in [-0.2, -0.15) is 5.10 Å². The Morgan fingerprint density at radius 2 is 2.16 bits per heavy atom. The lowest BCUT2D eigenvalue weighted by Crippen LogP contribution is -2.43. The molecule has 1 unspecified atom stereocenters. The second-order valence-corrected chi connectivity index (χ2v) is 8.69. The van der Waals surface area contributed by atoms with Gasteiger partial charge < -0.3 is 19.9 Å². The number of carbonyl (C=O) groups is 2. The molecular weight excluding hydrogens is 416 g/mol. The Hall–Kier alpha value is -3.11. The van der Waals surface area contributed by atoms with E-state index in [2.05, 4.69) is 15.3 Å². The van der Waals surface area contributed by atoms with Crippen molar-refractivity contribution in [2.24, 2.45) is 5.90 Å². The molecule has 174 valence electrons. The zero-order valence-corrected chi connectivity index (χ0v) is 18.5. The van der Waals surface area contributed by atoms with E-state index in [1.54, 1.807) is 6.20 Å². The van der Waals surface area contributed by atoms with E-state index in [9.17, 15) is 14.7 Å². The summed E-state index contributed by atoms with van der Waals surface area (Å²) in [5.74, 6) is 4.60. The average Bonchev–Trinajstić information content (AvgIpc) is 3.19. The van der Waals surface area contributed by atoms with Gasteiger partial charge in [-0.15, -0.1) is 0 Å². The number of benzene rings is 1. The minimum Gasteiger partial charge on any atom is -0.487 e. The molecule has 0 fully saturated rings. The van der Waals surface area contributed by atoms with Crippen LogP contribution in [-0.2, 0) is 27.3 Å². The molecule has 1 aromatic carbocycles. The topological polar surface area (TPSA) is 138 Å². The normalized spacial score (nSPS) is 16.6. The maximum absolute atomic E-state index is 11.7. The van der Waals surface area contributed by atoms with Crippen LogP contribution in [0.2, 0.25) is 0 Å². The molecule has 3 rings (SSSR count). The van der Waals surface area contributed by atoms with Crippen molar-refractivity contribution in [2.45, 2.75) is 64.4 Å². The minimum absolute atomic E-state index is 0.426. The summed E-state index contributed by atoms with van der Waals surface area (Å²) >= 11 is 0. The number of hydrogen-bond acceptors (Lipinski definition) is 7. The van der Waals surface area contributed by atoms with Gasteiger partial charge in [0.05, 0.1) is 6.20 Å². The first-order valence-electron chi connectivity index (χ1n) is 10.5. The summed E-state index contributed by atoms with van der Waals surface area (Å²) in [6, 6.07) is 5.76. The highest BCUT2D eigenvalue weighted by molar-refractivity contribution is 5.73. The Labute approximate surface area is 186 Å². The summed E-state index contributed by atoms with van der Waals surface area (Å²) in [7, 11) is 0. The van der Waals surface area contributed by atoms with Gasteiger partial charge in [-0.1, -0.05) is 6.07 Å². The number of aromatic nitrogens is 2. The second kappa shape index (κ2) is 10.0. The van der Waals surface area contributed by atoms with E-state index in [0.29, 0.717) is 38.1 Å². The van der Waals surface area contributed by atoms with Gasteiger partial charge in [-0.3, -0.25) is 9.52 Å². The number of aryl methyl sites for hydroxylation is 2. The molecule has 10 heteroatoms. The first-order chi connectivity index (χ1) is 15.2. The Morgan fingerprint density at radius 3 is 2.84 bits per heavy atom. The third-order valence-electron chi connectivity index (χ3n) is 4.96. The van der Waals surface area contributed by atoms with E-state index in [1.165, 1.54) is 0 Å². The number of ether oxygens (including phenoxy) is 2. The van der Waals surface area contributed by atoms with E-state index >= 15 is 0 Å². The molecule has 1 aromatic heterocycles. The number of fused-ring (bicyclic) bond motifs is 1. The molecule has 0 saturated heterocycles. The zero-order chi connectivity index (χ0) is 23.3. The summed E-state index contributed by atoms with van der Waals surface area (Å²) in [4.78, 5) is 27.5. The second-order valence-electron chi connectivity index (χ2n) is 8.69. The van der Waals surface area contributed by atoms with Crippen molar-refractivity contribution in [3.05, 3.63) is 36.2 Å². The van der Waals surface area contributed by atoms with Crippen LogP contribution in [0, 0.1) is 0 Å². The Kier molecular flexibility index (Phi) is 7.37. The van der Waals surface area contributed by atoms with E-state index in [0.717, 1.165) is 16.7 Å². The van der Waals surface area contributed by atoms with Crippen LogP contribution in [0.1, 0.15) is 39.2 Å². The molecule has 2 heterocycles. The van der Waals surface area contributed by atoms with Crippen LogP contribution in [-0.4, -0.2) is 51.3 Å². The van der Waals surface area contributed by atoms with Crippen molar-refractivity contribution in [3.8, 4) is 16.9 Å². The van der Waals surface area contributed by atoms with Gasteiger partial charge in [-0.05, 0) is 63.3 Å². The molecule has 0 aliphatic carbocycles. The highest BCUT2D eigenvalue weighted by Gasteiger charge is 2.33. The molecule has 0 radical (unpaired) electrons. The van der Waals surface area contributed by atoms with Gasteiger partial charge in [0.2, 0.25) is 6.10 Å². The summed E-state index contributed by atoms with van der Waals surface area (Å²) < 4.78 is 12.8. The number of nitrogens with two attached hydrogens (primary N) is 1. The number of carbonyl (C=O) groups excluding carboxylic acids is 1. The molecule has 2 aromatic rings. The fourth-order valence-corrected chi connectivity index (χ4v) is 3.49. The molecule has 2 atom stereocenters. The van der Waals surface area contributed by atoms with Crippen molar-refractivity contribution in [1.29, 1.82) is 0 Å². The number of amides is 1. The van der Waals surface area contributed by atoms with Crippen molar-refractivity contribution >= 4 is 12.1 Å². The van der Waals surface area contributed by atoms with Crippen molar-refractivity contribution in [2.75, 3.05) is 6.54 Å². The number of nitrogens with zero attached hydrogens (tertiary/aromatic N) is 2. The van der Waals surface area contributed by atoms with Crippen LogP contribution in [0.4, 0.5) is 4.79 Å². The third kappa shape index (κ3) is 6.21. The van der Waals surface area contributed by atoms with Crippen molar-refractivity contribution in [1.82, 2.24) is 15.1 Å². The van der Waals surface area contributed by atoms with E-state index < -0.39 is 29.9 Å². The lowest BCUT2D eigenvalue weighted by Gasteiger charge is -2.29. The molecule has 0 saturated carbocycles. The van der Waals surface area contributed by atoms with Crippen LogP contribution in [0.5, 0.6) is 5.75 Å². The molecule has 32 heavy (non-hydrogen) atoms. The molecule has 0 spiro atoms. The first kappa shape index (κ1) is 23.6. The predicted octanol–water partition coefficient (Wildman–Crippen LogP) is 2.50. The maximum Gasteiger partial charge on any atom is 0.407 e. The standard InChI is InChI=1S/C22H30N4O6/c1-22(2,3)31-21(29)24-9-4-10-26-13-16(12-25-26)14-5-7-17-15(11-14)6-8-18(30-17)19(32-23)20(27)28/h5,7,11-13,18-19H,4,6,8-10,23H2,1-3H3,(H,24,29)(H,27,28)/t18-,19?/m1/s1. The van der Waals surface area contributed by atoms with Crippen LogP contribution in [0.15, 0.2) is 30.6 Å². The highest BCUT2D eigenvalue weighted by atomic mass is 16.7. The number of alkyl carbamates (subject to hydrolysis) is 1. The Bertz CT molecular complexity index is 952. The molecule has 1 aliphatic rings. The number of rotatable bonds is 8. The van der Waals surface area contributed by atoms with Gasteiger partial charge in [-0.25, -0.2) is 15.5 Å². The quantitative estimate of drug-likeness (QED) is 0.415. The Morgan fingerprint density at radius 1 is 1.38 bits per heavy atom. The van der Waals surface area contributed by atoms with Gasteiger partial charge >= 0.3 is 12.1 Å². The number of hydrogen-bond donors (Lipinski definition) is 3.